The van der Waals surface area contributed by atoms with Gasteiger partial charge in [0.05, 0.1) is 6.20 Å². The van der Waals surface area contributed by atoms with E-state index in [0.717, 1.165) is 28.1 Å². The molecule has 0 bridgehead atoms. The number of halogens is 1. The van der Waals surface area contributed by atoms with Crippen LogP contribution in [0.4, 0.5) is 0 Å². The van der Waals surface area contributed by atoms with E-state index in [9.17, 15) is 0 Å². The number of thiazole rings is 1. The molecule has 0 fully saturated rings. The highest BCUT2D eigenvalue weighted by Crippen LogP contribution is 2.17. The van der Waals surface area contributed by atoms with E-state index < -0.39 is 0 Å². The summed E-state index contributed by atoms with van der Waals surface area (Å²) in [5, 5.41) is 4.30. The van der Waals surface area contributed by atoms with Gasteiger partial charge in [-0.3, -0.25) is 4.98 Å². The monoisotopic (exact) mass is 253 g/mol. The SMILES string of the molecule is Cc1ccc(CNCc2ncc(Cl)s2)cn1. The van der Waals surface area contributed by atoms with E-state index in [0.29, 0.717) is 0 Å². The van der Waals surface area contributed by atoms with Gasteiger partial charge in [-0.15, -0.1) is 11.3 Å². The molecule has 0 saturated heterocycles. The van der Waals surface area contributed by atoms with E-state index in [1.165, 1.54) is 16.9 Å². The lowest BCUT2D eigenvalue weighted by Crippen LogP contribution is -2.12. The number of nitrogens with zero attached hydrogens (tertiary/aromatic N) is 2. The maximum Gasteiger partial charge on any atom is 0.113 e. The lowest BCUT2D eigenvalue weighted by Gasteiger charge is -2.02. The second-order valence-corrected chi connectivity index (χ2v) is 5.22. The summed E-state index contributed by atoms with van der Waals surface area (Å²) in [5.41, 5.74) is 2.21. The lowest BCUT2D eigenvalue weighted by molar-refractivity contribution is 0.687. The van der Waals surface area contributed by atoms with Crippen molar-refractivity contribution in [2.24, 2.45) is 0 Å². The van der Waals surface area contributed by atoms with Crippen molar-refractivity contribution in [3.8, 4) is 0 Å². The fourth-order valence-corrected chi connectivity index (χ4v) is 2.21. The summed E-state index contributed by atoms with van der Waals surface area (Å²) < 4.78 is 0.730. The Labute approximate surface area is 104 Å². The number of pyridine rings is 1. The zero-order valence-corrected chi connectivity index (χ0v) is 10.5. The van der Waals surface area contributed by atoms with Crippen LogP contribution in [0.25, 0.3) is 0 Å². The van der Waals surface area contributed by atoms with Gasteiger partial charge in [-0.25, -0.2) is 4.98 Å². The molecule has 0 aromatic carbocycles. The number of rotatable bonds is 4. The highest BCUT2D eigenvalue weighted by atomic mass is 35.5. The topological polar surface area (TPSA) is 37.8 Å². The van der Waals surface area contributed by atoms with Crippen LogP contribution >= 0.6 is 22.9 Å². The molecule has 1 N–H and O–H groups in total. The summed E-state index contributed by atoms with van der Waals surface area (Å²) in [5.74, 6) is 0. The van der Waals surface area contributed by atoms with Crippen molar-refractivity contribution in [1.82, 2.24) is 15.3 Å². The average Bonchev–Trinajstić information content (AvgIpc) is 2.67. The second-order valence-electron chi connectivity index (χ2n) is 3.47. The first-order chi connectivity index (χ1) is 7.74. The molecule has 0 aliphatic carbocycles. The maximum atomic E-state index is 5.79. The highest BCUT2D eigenvalue weighted by molar-refractivity contribution is 7.15. The van der Waals surface area contributed by atoms with E-state index >= 15 is 0 Å². The minimum atomic E-state index is 0.730. The van der Waals surface area contributed by atoms with Gasteiger partial charge < -0.3 is 5.32 Å². The number of nitrogens with one attached hydrogen (secondary N) is 1. The van der Waals surface area contributed by atoms with Crippen LogP contribution in [-0.2, 0) is 13.1 Å². The van der Waals surface area contributed by atoms with Crippen molar-refractivity contribution in [2.45, 2.75) is 20.0 Å². The molecule has 0 unspecified atom stereocenters. The van der Waals surface area contributed by atoms with Gasteiger partial charge in [0, 0.05) is 25.0 Å². The van der Waals surface area contributed by atoms with Crippen molar-refractivity contribution in [3.63, 3.8) is 0 Å². The Bertz CT molecular complexity index is 453. The van der Waals surface area contributed by atoms with Crippen LogP contribution < -0.4 is 5.32 Å². The predicted octanol–water partition coefficient (Wildman–Crippen LogP) is 2.79. The molecule has 2 aromatic rings. The standard InChI is InChI=1S/C11H12ClN3S/c1-8-2-3-9(5-14-8)4-13-7-11-15-6-10(12)16-11/h2-3,5-6,13H,4,7H2,1H3. The molecule has 2 heterocycles. The number of aryl methyl sites for hydroxylation is 1. The molecule has 3 nitrogen and oxygen atoms in total. The second kappa shape index (κ2) is 5.39. The fraction of sp³-hybridized carbons (Fsp3) is 0.273. The van der Waals surface area contributed by atoms with Crippen LogP contribution in [0.5, 0.6) is 0 Å². The Morgan fingerprint density at radius 3 is 2.75 bits per heavy atom. The van der Waals surface area contributed by atoms with Crippen molar-refractivity contribution in [1.29, 1.82) is 0 Å². The third-order valence-corrected chi connectivity index (χ3v) is 3.22. The van der Waals surface area contributed by atoms with Crippen molar-refractivity contribution >= 4 is 22.9 Å². The number of aromatic nitrogens is 2. The zero-order chi connectivity index (χ0) is 11.4. The van der Waals surface area contributed by atoms with Gasteiger partial charge in [0.2, 0.25) is 0 Å². The van der Waals surface area contributed by atoms with Crippen molar-refractivity contribution in [3.05, 3.63) is 45.1 Å². The Balaban J connectivity index is 1.82. The van der Waals surface area contributed by atoms with Gasteiger partial charge in [-0.2, -0.15) is 0 Å². The number of hydrogen-bond donors (Lipinski definition) is 1. The molecule has 16 heavy (non-hydrogen) atoms. The molecule has 0 aliphatic rings. The van der Waals surface area contributed by atoms with Crippen molar-refractivity contribution < 1.29 is 0 Å². The fourth-order valence-electron chi connectivity index (χ4n) is 1.29. The van der Waals surface area contributed by atoms with E-state index in [1.54, 1.807) is 6.20 Å². The minimum absolute atomic E-state index is 0.730. The van der Waals surface area contributed by atoms with E-state index in [2.05, 4.69) is 21.4 Å². The molecule has 0 saturated carbocycles. The molecule has 2 rings (SSSR count). The molecular formula is C11H12ClN3S. The molecule has 0 aliphatic heterocycles. The first-order valence-electron chi connectivity index (χ1n) is 4.96. The first kappa shape index (κ1) is 11.5. The molecule has 0 amide bonds. The number of hydrogen-bond acceptors (Lipinski definition) is 4. The lowest BCUT2D eigenvalue weighted by atomic mass is 10.2. The van der Waals surface area contributed by atoms with Crippen LogP contribution in [0.2, 0.25) is 4.34 Å². The Morgan fingerprint density at radius 2 is 2.12 bits per heavy atom. The van der Waals surface area contributed by atoms with Gasteiger partial charge >= 0.3 is 0 Å². The summed E-state index contributed by atoms with van der Waals surface area (Å²) >= 11 is 7.29. The molecule has 84 valence electrons. The quantitative estimate of drug-likeness (QED) is 0.911. The Kier molecular flexibility index (Phi) is 3.88. The van der Waals surface area contributed by atoms with Crippen molar-refractivity contribution in [2.75, 3.05) is 0 Å². The third kappa shape index (κ3) is 3.27. The normalized spacial score (nSPS) is 10.6. The Morgan fingerprint density at radius 1 is 1.25 bits per heavy atom. The summed E-state index contributed by atoms with van der Waals surface area (Å²) in [6, 6.07) is 4.08. The van der Waals surface area contributed by atoms with Gasteiger partial charge in [-0.05, 0) is 18.6 Å². The van der Waals surface area contributed by atoms with Crippen LogP contribution in [-0.4, -0.2) is 9.97 Å². The average molecular weight is 254 g/mol. The van der Waals surface area contributed by atoms with E-state index in [4.69, 9.17) is 11.6 Å². The minimum Gasteiger partial charge on any atom is -0.306 e. The first-order valence-corrected chi connectivity index (χ1v) is 6.16. The smallest absolute Gasteiger partial charge is 0.113 e. The molecule has 0 atom stereocenters. The van der Waals surface area contributed by atoms with E-state index in [-0.39, 0.29) is 0 Å². The third-order valence-electron chi connectivity index (χ3n) is 2.10. The molecule has 2 aromatic heterocycles. The molecular weight excluding hydrogens is 242 g/mol. The van der Waals surface area contributed by atoms with Gasteiger partial charge in [0.25, 0.3) is 0 Å². The van der Waals surface area contributed by atoms with Gasteiger partial charge in [0.15, 0.2) is 0 Å². The molecule has 0 spiro atoms. The summed E-state index contributed by atoms with van der Waals surface area (Å²) in [7, 11) is 0. The molecule has 5 heteroatoms. The highest BCUT2D eigenvalue weighted by Gasteiger charge is 1.99. The zero-order valence-electron chi connectivity index (χ0n) is 8.90. The predicted molar refractivity (Wildman–Crippen MR) is 66.6 cm³/mol. The maximum absolute atomic E-state index is 5.79. The van der Waals surface area contributed by atoms with E-state index in [1.807, 2.05) is 19.2 Å². The molecule has 0 radical (unpaired) electrons. The van der Waals surface area contributed by atoms with Crippen LogP contribution in [0.1, 0.15) is 16.3 Å². The van der Waals surface area contributed by atoms with Gasteiger partial charge in [-0.1, -0.05) is 17.7 Å². The summed E-state index contributed by atoms with van der Waals surface area (Å²) in [4.78, 5) is 8.40. The Hall–Kier alpha value is -0.970. The summed E-state index contributed by atoms with van der Waals surface area (Å²) in [6.07, 6.45) is 3.56. The largest absolute Gasteiger partial charge is 0.306 e. The van der Waals surface area contributed by atoms with Crippen LogP contribution in [0.15, 0.2) is 24.5 Å². The van der Waals surface area contributed by atoms with Crippen LogP contribution in [0.3, 0.4) is 0 Å². The van der Waals surface area contributed by atoms with Gasteiger partial charge in [0.1, 0.15) is 9.34 Å². The summed E-state index contributed by atoms with van der Waals surface area (Å²) in [6.45, 7) is 3.52. The van der Waals surface area contributed by atoms with Crippen LogP contribution in [0, 0.1) is 6.92 Å².